The van der Waals surface area contributed by atoms with Crippen LogP contribution in [-0.4, -0.2) is 37.1 Å². The Hall–Kier alpha value is -4.51. The molecule has 5 N–H and O–H groups in total. The highest BCUT2D eigenvalue weighted by Crippen LogP contribution is 2.34. The average Bonchev–Trinajstić information content (AvgIpc) is 2.88. The summed E-state index contributed by atoms with van der Waals surface area (Å²) < 4.78 is 39.7. The average molecular weight is 551 g/mol. The fourth-order valence-electron chi connectivity index (χ4n) is 4.01. The first-order chi connectivity index (χ1) is 18.6. The number of nitrogens with zero attached hydrogens (tertiary/aromatic N) is 1. The Bertz CT molecular complexity index is 1610. The van der Waals surface area contributed by atoms with Crippen molar-refractivity contribution >= 4 is 38.2 Å². The lowest BCUT2D eigenvalue weighted by Gasteiger charge is -2.22. The first kappa shape index (κ1) is 27.5. The molecule has 4 aromatic rings. The van der Waals surface area contributed by atoms with Crippen molar-refractivity contribution in [3.05, 3.63) is 78.5 Å². The zero-order valence-electron chi connectivity index (χ0n) is 21.7. The lowest BCUT2D eigenvalue weighted by atomic mass is 10.0. The highest BCUT2D eigenvalue weighted by atomic mass is 32.2. The van der Waals surface area contributed by atoms with Crippen LogP contribution in [0.1, 0.15) is 32.4 Å². The number of amides is 1. The molecule has 1 aromatic heterocycles. The van der Waals surface area contributed by atoms with E-state index in [9.17, 15) is 18.3 Å². The van der Waals surface area contributed by atoms with Crippen molar-refractivity contribution in [2.45, 2.75) is 37.8 Å². The van der Waals surface area contributed by atoms with Gasteiger partial charge < -0.3 is 25.6 Å². The maximum Gasteiger partial charge on any atom is 0.267 e. The second kappa shape index (κ2) is 11.5. The molecule has 3 aromatic carbocycles. The highest BCUT2D eigenvalue weighted by molar-refractivity contribution is 7.90. The van der Waals surface area contributed by atoms with Gasteiger partial charge in [-0.25, -0.2) is 18.1 Å². The lowest BCUT2D eigenvalue weighted by molar-refractivity contribution is -0.120. The topological polar surface area (TPSA) is 153 Å². The van der Waals surface area contributed by atoms with E-state index in [1.165, 1.54) is 24.3 Å². The molecule has 0 aliphatic carbocycles. The number of phenols is 1. The molecule has 0 fully saturated rings. The predicted molar refractivity (Wildman–Crippen MR) is 149 cm³/mol. The number of carbonyl (C=O) groups is 1. The van der Waals surface area contributed by atoms with Crippen LogP contribution in [0.5, 0.6) is 17.2 Å². The van der Waals surface area contributed by atoms with Crippen LogP contribution in [0, 0.1) is 0 Å². The summed E-state index contributed by atoms with van der Waals surface area (Å²) in [5, 5.41) is 14.7. The van der Waals surface area contributed by atoms with Crippen molar-refractivity contribution in [2.75, 3.05) is 17.7 Å². The Morgan fingerprint density at radius 3 is 2.54 bits per heavy atom. The monoisotopic (exact) mass is 550 g/mol. The summed E-state index contributed by atoms with van der Waals surface area (Å²) in [6.45, 7) is 5.94. The molecule has 11 heteroatoms. The van der Waals surface area contributed by atoms with Gasteiger partial charge in [0.2, 0.25) is 0 Å². The number of para-hydroxylation sites is 1. The van der Waals surface area contributed by atoms with Crippen LogP contribution in [0.2, 0.25) is 0 Å². The Morgan fingerprint density at radius 2 is 1.82 bits per heavy atom. The maximum absolute atomic E-state index is 13.6. The third-order valence-corrected chi connectivity index (χ3v) is 7.12. The molecule has 0 saturated heterocycles. The Balaban J connectivity index is 1.75. The summed E-state index contributed by atoms with van der Waals surface area (Å²) in [6.07, 6.45) is 1.46. The van der Waals surface area contributed by atoms with Crippen LogP contribution in [0.25, 0.3) is 10.8 Å². The zero-order chi connectivity index (χ0) is 28.2. The fourth-order valence-corrected chi connectivity index (χ4v) is 5.11. The summed E-state index contributed by atoms with van der Waals surface area (Å²) >= 11 is 0. The number of benzene rings is 3. The number of sulfonamides is 1. The van der Waals surface area contributed by atoms with Crippen LogP contribution >= 0.6 is 0 Å². The summed E-state index contributed by atoms with van der Waals surface area (Å²) in [5.74, 6) is -0.0804. The molecule has 1 heterocycles. The number of pyridine rings is 1. The molecule has 204 valence electrons. The molecular formula is C28H30N4O6S. The van der Waals surface area contributed by atoms with Crippen molar-refractivity contribution in [1.82, 2.24) is 9.71 Å². The number of nitrogens with two attached hydrogens (primary N) is 1. The first-order valence-corrected chi connectivity index (χ1v) is 13.8. The first-order valence-electron chi connectivity index (χ1n) is 12.3. The van der Waals surface area contributed by atoms with E-state index in [4.69, 9.17) is 15.2 Å². The molecule has 0 bridgehead atoms. The number of fused-ring (bicyclic) bond motifs is 1. The van der Waals surface area contributed by atoms with E-state index in [0.29, 0.717) is 35.2 Å². The van der Waals surface area contributed by atoms with Gasteiger partial charge in [0.05, 0.1) is 12.7 Å². The van der Waals surface area contributed by atoms with E-state index in [0.717, 1.165) is 10.8 Å². The summed E-state index contributed by atoms with van der Waals surface area (Å²) in [6, 6.07) is 16.2. The van der Waals surface area contributed by atoms with Gasteiger partial charge in [0, 0.05) is 17.3 Å². The molecule has 0 radical (unpaired) electrons. The number of carbonyl (C=O) groups excluding carboxylic acids is 1. The van der Waals surface area contributed by atoms with Crippen LogP contribution < -0.4 is 25.2 Å². The van der Waals surface area contributed by atoms with Gasteiger partial charge in [-0.3, -0.25) is 4.79 Å². The SMILES string of the molecule is CCOc1cc(C(Nc2ccc3c(N)nccc3c2)C(=O)NS(=O)(=O)c2ccccc2O)ccc1OC(C)C. The lowest BCUT2D eigenvalue weighted by Crippen LogP contribution is -2.37. The second-order valence-electron chi connectivity index (χ2n) is 8.95. The van der Waals surface area contributed by atoms with Gasteiger partial charge in [0.15, 0.2) is 11.5 Å². The summed E-state index contributed by atoms with van der Waals surface area (Å²) in [4.78, 5) is 17.2. The molecule has 4 rings (SSSR count). The van der Waals surface area contributed by atoms with Crippen LogP contribution in [0.15, 0.2) is 77.8 Å². The van der Waals surface area contributed by atoms with E-state index in [1.807, 2.05) is 20.8 Å². The number of aromatic nitrogens is 1. The molecular weight excluding hydrogens is 520 g/mol. The Morgan fingerprint density at radius 1 is 1.05 bits per heavy atom. The minimum absolute atomic E-state index is 0.115. The van der Waals surface area contributed by atoms with E-state index >= 15 is 0 Å². The number of hydrogen-bond acceptors (Lipinski definition) is 9. The molecule has 0 aliphatic rings. The van der Waals surface area contributed by atoms with Crippen LogP contribution in [0.3, 0.4) is 0 Å². The molecule has 0 saturated carbocycles. The van der Waals surface area contributed by atoms with Gasteiger partial charge in [0.1, 0.15) is 22.5 Å². The minimum atomic E-state index is -4.39. The van der Waals surface area contributed by atoms with Crippen molar-refractivity contribution in [1.29, 1.82) is 0 Å². The summed E-state index contributed by atoms with van der Waals surface area (Å²) in [5.41, 5.74) is 6.93. The number of hydrogen-bond donors (Lipinski definition) is 4. The third-order valence-electron chi connectivity index (χ3n) is 5.72. The minimum Gasteiger partial charge on any atom is -0.507 e. The van der Waals surface area contributed by atoms with Crippen molar-refractivity contribution < 1.29 is 27.8 Å². The third kappa shape index (κ3) is 6.32. The van der Waals surface area contributed by atoms with Crippen molar-refractivity contribution in [3.63, 3.8) is 0 Å². The van der Waals surface area contributed by atoms with Gasteiger partial charge in [-0.1, -0.05) is 18.2 Å². The van der Waals surface area contributed by atoms with Gasteiger partial charge >= 0.3 is 0 Å². The van der Waals surface area contributed by atoms with E-state index in [1.54, 1.807) is 48.7 Å². The molecule has 1 unspecified atom stereocenters. The fraction of sp³-hybridized carbons (Fsp3) is 0.214. The number of nitrogens with one attached hydrogen (secondary N) is 2. The molecule has 10 nitrogen and oxygen atoms in total. The van der Waals surface area contributed by atoms with Gasteiger partial charge in [-0.2, -0.15) is 0 Å². The van der Waals surface area contributed by atoms with E-state index < -0.39 is 32.6 Å². The zero-order valence-corrected chi connectivity index (χ0v) is 22.5. The maximum atomic E-state index is 13.6. The smallest absolute Gasteiger partial charge is 0.267 e. The van der Waals surface area contributed by atoms with Crippen LogP contribution in [0.4, 0.5) is 11.5 Å². The normalized spacial score (nSPS) is 12.2. The molecule has 39 heavy (non-hydrogen) atoms. The van der Waals surface area contributed by atoms with E-state index in [-0.39, 0.29) is 6.10 Å². The molecule has 0 spiro atoms. The standard InChI is InChI=1S/C28H30N4O6S/c1-4-37-24-16-19(9-12-23(24)38-17(2)3)26(28(34)32-39(35,36)25-8-6-5-7-22(25)33)31-20-10-11-21-18(15-20)13-14-30-27(21)29/h5-17,26,31,33H,4H2,1-3H3,(H2,29,30)(H,32,34). The Labute approximate surface area is 226 Å². The number of ether oxygens (including phenoxy) is 2. The summed E-state index contributed by atoms with van der Waals surface area (Å²) in [7, 11) is -4.39. The largest absolute Gasteiger partial charge is 0.507 e. The number of anilines is 2. The van der Waals surface area contributed by atoms with Crippen molar-refractivity contribution in [3.8, 4) is 17.2 Å². The van der Waals surface area contributed by atoms with Gasteiger partial charge in [-0.15, -0.1) is 0 Å². The van der Waals surface area contributed by atoms with Gasteiger partial charge in [0.25, 0.3) is 15.9 Å². The number of rotatable bonds is 10. The molecule has 1 atom stereocenters. The quantitative estimate of drug-likeness (QED) is 0.225. The second-order valence-corrected chi connectivity index (χ2v) is 10.6. The predicted octanol–water partition coefficient (Wildman–Crippen LogP) is 4.37. The highest BCUT2D eigenvalue weighted by Gasteiger charge is 2.28. The number of nitrogen functional groups attached to an aromatic ring is 1. The Kier molecular flexibility index (Phi) is 8.10. The molecule has 1 amide bonds. The van der Waals surface area contributed by atoms with Crippen molar-refractivity contribution in [2.24, 2.45) is 0 Å². The molecule has 0 aliphatic heterocycles. The van der Waals surface area contributed by atoms with Crippen LogP contribution in [-0.2, 0) is 14.8 Å². The van der Waals surface area contributed by atoms with E-state index in [2.05, 4.69) is 15.0 Å². The number of aromatic hydroxyl groups is 1. The van der Waals surface area contributed by atoms with Gasteiger partial charge in [-0.05, 0) is 80.3 Å². The number of phenolic OH excluding ortho intramolecular Hbond substituents is 1.